The maximum atomic E-state index is 12.5. The first-order valence-corrected chi connectivity index (χ1v) is 9.77. The van der Waals surface area contributed by atoms with Gasteiger partial charge in [0.15, 0.2) is 0 Å². The van der Waals surface area contributed by atoms with Gasteiger partial charge in [0.2, 0.25) is 0 Å². The summed E-state index contributed by atoms with van der Waals surface area (Å²) < 4.78 is 1.01. The van der Waals surface area contributed by atoms with E-state index in [9.17, 15) is 4.79 Å². The van der Waals surface area contributed by atoms with Crippen LogP contribution in [0.25, 0.3) is 10.1 Å². The van der Waals surface area contributed by atoms with Crippen molar-refractivity contribution in [2.24, 2.45) is 5.10 Å². The standard InChI is InChI=1S/C18H17ClN2OS2/c1-3-5-13(14-6-4-9-23-14)20-21-18(22)17-16(19)12-8-7-11(2)10-15(12)24-17/h4,6-10H,3,5H2,1-2H3,(H,21,22). The summed E-state index contributed by atoms with van der Waals surface area (Å²) in [5.41, 5.74) is 4.71. The van der Waals surface area contributed by atoms with E-state index in [-0.39, 0.29) is 5.91 Å². The smallest absolute Gasteiger partial charge is 0.266 e. The molecule has 3 nitrogen and oxygen atoms in total. The number of rotatable bonds is 5. The summed E-state index contributed by atoms with van der Waals surface area (Å²) in [4.78, 5) is 14.1. The van der Waals surface area contributed by atoms with Gasteiger partial charge in [-0.2, -0.15) is 5.10 Å². The highest BCUT2D eigenvalue weighted by Crippen LogP contribution is 2.35. The first kappa shape index (κ1) is 17.1. The van der Waals surface area contributed by atoms with Crippen LogP contribution in [-0.2, 0) is 0 Å². The van der Waals surface area contributed by atoms with Gasteiger partial charge in [-0.05, 0) is 36.4 Å². The van der Waals surface area contributed by atoms with Gasteiger partial charge in [-0.3, -0.25) is 4.79 Å². The highest BCUT2D eigenvalue weighted by atomic mass is 35.5. The monoisotopic (exact) mass is 376 g/mol. The second kappa shape index (κ2) is 7.47. The summed E-state index contributed by atoms with van der Waals surface area (Å²) >= 11 is 9.40. The number of halogens is 1. The molecule has 124 valence electrons. The molecule has 0 saturated carbocycles. The van der Waals surface area contributed by atoms with Crippen LogP contribution >= 0.6 is 34.3 Å². The molecule has 0 spiro atoms. The Balaban J connectivity index is 1.86. The van der Waals surface area contributed by atoms with E-state index in [4.69, 9.17) is 11.6 Å². The van der Waals surface area contributed by atoms with Crippen LogP contribution in [0.5, 0.6) is 0 Å². The summed E-state index contributed by atoms with van der Waals surface area (Å²) in [5.74, 6) is -0.260. The quantitative estimate of drug-likeness (QED) is 0.439. The number of carbonyl (C=O) groups excluding carboxylic acids is 1. The number of hydrazone groups is 1. The Morgan fingerprint density at radius 3 is 2.88 bits per heavy atom. The van der Waals surface area contributed by atoms with Gasteiger partial charge in [0, 0.05) is 10.1 Å². The topological polar surface area (TPSA) is 41.5 Å². The molecule has 3 rings (SSSR count). The summed E-state index contributed by atoms with van der Waals surface area (Å²) in [7, 11) is 0. The molecule has 0 unspecified atom stereocenters. The molecule has 6 heteroatoms. The van der Waals surface area contributed by atoms with Gasteiger partial charge in [-0.1, -0.05) is 43.1 Å². The largest absolute Gasteiger partial charge is 0.283 e. The van der Waals surface area contributed by atoms with Crippen LogP contribution < -0.4 is 5.43 Å². The number of carbonyl (C=O) groups is 1. The van der Waals surface area contributed by atoms with Crippen molar-refractivity contribution in [2.45, 2.75) is 26.7 Å². The zero-order valence-corrected chi connectivity index (χ0v) is 15.8. The number of nitrogens with zero attached hydrogens (tertiary/aromatic N) is 1. The molecular weight excluding hydrogens is 360 g/mol. The van der Waals surface area contributed by atoms with E-state index in [1.807, 2.05) is 42.6 Å². The molecule has 2 heterocycles. The van der Waals surface area contributed by atoms with Gasteiger partial charge >= 0.3 is 0 Å². The number of fused-ring (bicyclic) bond motifs is 1. The average Bonchev–Trinajstić information content (AvgIpc) is 3.19. The summed E-state index contributed by atoms with van der Waals surface area (Å²) in [6.07, 6.45) is 1.79. The zero-order valence-electron chi connectivity index (χ0n) is 13.4. The second-order valence-electron chi connectivity index (χ2n) is 5.47. The number of benzene rings is 1. The Hall–Kier alpha value is -1.69. The first-order valence-electron chi connectivity index (χ1n) is 7.69. The normalized spacial score (nSPS) is 11.9. The lowest BCUT2D eigenvalue weighted by molar-refractivity contribution is 0.0959. The SMILES string of the molecule is CCCC(=NNC(=O)c1sc2cc(C)ccc2c1Cl)c1cccs1. The molecule has 0 saturated heterocycles. The average molecular weight is 377 g/mol. The predicted molar refractivity (Wildman–Crippen MR) is 105 cm³/mol. The fraction of sp³-hybridized carbons (Fsp3) is 0.222. The van der Waals surface area contributed by atoms with E-state index in [0.717, 1.165) is 39.1 Å². The van der Waals surface area contributed by atoms with Crippen LogP contribution in [-0.4, -0.2) is 11.6 Å². The zero-order chi connectivity index (χ0) is 17.1. The van der Waals surface area contributed by atoms with Gasteiger partial charge in [-0.25, -0.2) is 5.43 Å². The van der Waals surface area contributed by atoms with E-state index >= 15 is 0 Å². The predicted octanol–water partition coefficient (Wildman–Crippen LogP) is 5.86. The summed E-state index contributed by atoms with van der Waals surface area (Å²) in [5, 5.41) is 7.75. The molecule has 24 heavy (non-hydrogen) atoms. The van der Waals surface area contributed by atoms with Crippen LogP contribution in [0.15, 0.2) is 40.8 Å². The molecule has 1 amide bonds. The molecule has 0 atom stereocenters. The molecule has 0 radical (unpaired) electrons. The van der Waals surface area contributed by atoms with Gasteiger partial charge in [0.05, 0.1) is 15.6 Å². The molecular formula is C18H17ClN2OS2. The lowest BCUT2D eigenvalue weighted by Gasteiger charge is -2.03. The maximum Gasteiger partial charge on any atom is 0.283 e. The van der Waals surface area contributed by atoms with E-state index in [1.54, 1.807) is 11.3 Å². The van der Waals surface area contributed by atoms with Gasteiger partial charge in [-0.15, -0.1) is 22.7 Å². The van der Waals surface area contributed by atoms with Crippen molar-refractivity contribution < 1.29 is 4.79 Å². The number of nitrogens with one attached hydrogen (secondary N) is 1. The fourth-order valence-electron chi connectivity index (χ4n) is 2.40. The minimum Gasteiger partial charge on any atom is -0.266 e. The highest BCUT2D eigenvalue weighted by Gasteiger charge is 2.17. The Kier molecular flexibility index (Phi) is 5.33. The molecule has 2 aromatic heterocycles. The fourth-order valence-corrected chi connectivity index (χ4v) is 4.65. The van der Waals surface area contributed by atoms with Crippen molar-refractivity contribution in [3.05, 3.63) is 56.1 Å². The lowest BCUT2D eigenvalue weighted by Crippen LogP contribution is -2.19. The maximum absolute atomic E-state index is 12.5. The van der Waals surface area contributed by atoms with Crippen molar-refractivity contribution in [3.63, 3.8) is 0 Å². The van der Waals surface area contributed by atoms with Crippen LogP contribution in [0.2, 0.25) is 5.02 Å². The van der Waals surface area contributed by atoms with Gasteiger partial charge in [0.25, 0.3) is 5.91 Å². The molecule has 1 aromatic carbocycles. The van der Waals surface area contributed by atoms with Crippen LogP contribution in [0.4, 0.5) is 0 Å². The molecule has 1 N–H and O–H groups in total. The van der Waals surface area contributed by atoms with Gasteiger partial charge in [0.1, 0.15) is 4.88 Å². The Morgan fingerprint density at radius 1 is 1.33 bits per heavy atom. The van der Waals surface area contributed by atoms with Gasteiger partial charge < -0.3 is 0 Å². The van der Waals surface area contributed by atoms with E-state index in [2.05, 4.69) is 17.5 Å². The third kappa shape index (κ3) is 3.53. The minimum atomic E-state index is -0.260. The molecule has 0 aliphatic carbocycles. The molecule has 0 aliphatic heterocycles. The third-order valence-electron chi connectivity index (χ3n) is 3.58. The molecule has 3 aromatic rings. The Morgan fingerprint density at radius 2 is 2.17 bits per heavy atom. The summed E-state index contributed by atoms with van der Waals surface area (Å²) in [6.45, 7) is 4.12. The van der Waals surface area contributed by atoms with Crippen molar-refractivity contribution in [1.82, 2.24) is 5.43 Å². The van der Waals surface area contributed by atoms with E-state index in [1.165, 1.54) is 11.3 Å². The second-order valence-corrected chi connectivity index (χ2v) is 7.85. The molecule has 0 aliphatic rings. The lowest BCUT2D eigenvalue weighted by atomic mass is 10.2. The van der Waals surface area contributed by atoms with Crippen molar-refractivity contribution in [2.75, 3.05) is 0 Å². The van der Waals surface area contributed by atoms with Crippen LogP contribution in [0.1, 0.15) is 39.9 Å². The van der Waals surface area contributed by atoms with E-state index in [0.29, 0.717) is 9.90 Å². The van der Waals surface area contributed by atoms with Crippen molar-refractivity contribution >= 4 is 56.0 Å². The Labute approximate surface area is 154 Å². The minimum absolute atomic E-state index is 0.260. The number of thiophene rings is 2. The van der Waals surface area contributed by atoms with Crippen molar-refractivity contribution in [1.29, 1.82) is 0 Å². The third-order valence-corrected chi connectivity index (χ3v) is 6.15. The van der Waals surface area contributed by atoms with Crippen LogP contribution in [0.3, 0.4) is 0 Å². The highest BCUT2D eigenvalue weighted by molar-refractivity contribution is 7.21. The number of hydrogen-bond acceptors (Lipinski definition) is 4. The molecule has 0 fully saturated rings. The number of aryl methyl sites for hydroxylation is 1. The van der Waals surface area contributed by atoms with E-state index < -0.39 is 0 Å². The first-order chi connectivity index (χ1) is 11.6. The molecule has 0 bridgehead atoms. The summed E-state index contributed by atoms with van der Waals surface area (Å²) in [6, 6.07) is 9.99. The van der Waals surface area contributed by atoms with Crippen LogP contribution in [0, 0.1) is 6.92 Å². The van der Waals surface area contributed by atoms with Crippen molar-refractivity contribution in [3.8, 4) is 0 Å². The number of hydrogen-bond donors (Lipinski definition) is 1. The Bertz CT molecular complexity index is 897. The number of amides is 1.